The van der Waals surface area contributed by atoms with Crippen LogP contribution in [0, 0.1) is 11.8 Å². The van der Waals surface area contributed by atoms with Crippen molar-refractivity contribution in [3.63, 3.8) is 0 Å². The van der Waals surface area contributed by atoms with Crippen LogP contribution in [0.3, 0.4) is 0 Å². The maximum atomic E-state index is 12.8. The summed E-state index contributed by atoms with van der Waals surface area (Å²) < 4.78 is 29.1. The molecule has 3 aliphatic rings. The molecule has 3 fully saturated rings. The number of hydrogen-bond acceptors (Lipinski definition) is 4. The van der Waals surface area contributed by atoms with Crippen molar-refractivity contribution in [3.05, 3.63) is 0 Å². The van der Waals surface area contributed by atoms with E-state index in [2.05, 4.69) is 11.8 Å². The molecule has 0 amide bonds. The first kappa shape index (κ1) is 18.6. The van der Waals surface area contributed by atoms with E-state index in [1.165, 1.54) is 0 Å². The third-order valence-corrected chi connectivity index (χ3v) is 8.18. The quantitative estimate of drug-likeness (QED) is 0.817. The highest BCUT2D eigenvalue weighted by Gasteiger charge is 2.36. The first-order valence-electron chi connectivity index (χ1n) is 9.61. The Morgan fingerprint density at radius 1 is 0.917 bits per heavy atom. The minimum atomic E-state index is -3.27. The van der Waals surface area contributed by atoms with Gasteiger partial charge in [-0.1, -0.05) is 6.92 Å². The van der Waals surface area contributed by atoms with E-state index in [4.69, 9.17) is 0 Å². The van der Waals surface area contributed by atoms with Crippen molar-refractivity contribution in [2.75, 3.05) is 45.9 Å². The highest BCUT2D eigenvalue weighted by Crippen LogP contribution is 2.27. The SMILES string of the molecule is CC1CCN(S(=O)(=O)N2CCC(N3CCCC(CO)C3)CC2)CC1. The number of rotatable bonds is 4. The summed E-state index contributed by atoms with van der Waals surface area (Å²) in [5, 5.41) is 9.40. The molecule has 0 bridgehead atoms. The van der Waals surface area contributed by atoms with E-state index < -0.39 is 10.2 Å². The maximum Gasteiger partial charge on any atom is 0.281 e. The van der Waals surface area contributed by atoms with Crippen LogP contribution in [0.25, 0.3) is 0 Å². The van der Waals surface area contributed by atoms with Crippen molar-refractivity contribution in [2.24, 2.45) is 11.8 Å². The summed E-state index contributed by atoms with van der Waals surface area (Å²) in [6.45, 7) is 7.17. The Balaban J connectivity index is 1.52. The van der Waals surface area contributed by atoms with Gasteiger partial charge in [-0.25, -0.2) is 0 Å². The normalized spacial score (nSPS) is 30.7. The monoisotopic (exact) mass is 359 g/mol. The zero-order valence-electron chi connectivity index (χ0n) is 14.9. The molecule has 3 aliphatic heterocycles. The van der Waals surface area contributed by atoms with Gasteiger partial charge >= 0.3 is 0 Å². The Bertz CT molecular complexity index is 497. The van der Waals surface area contributed by atoms with Crippen LogP contribution in [0.2, 0.25) is 0 Å². The van der Waals surface area contributed by atoms with Crippen LogP contribution in [-0.4, -0.2) is 79.0 Å². The highest BCUT2D eigenvalue weighted by molar-refractivity contribution is 7.86. The average molecular weight is 360 g/mol. The molecule has 7 heteroatoms. The number of aliphatic hydroxyl groups excluding tert-OH is 1. The lowest BCUT2D eigenvalue weighted by atomic mass is 9.95. The first-order chi connectivity index (χ1) is 11.5. The number of piperidine rings is 3. The second kappa shape index (κ2) is 7.99. The molecule has 0 aromatic heterocycles. The molecule has 3 heterocycles. The van der Waals surface area contributed by atoms with Gasteiger partial charge < -0.3 is 5.11 Å². The minimum Gasteiger partial charge on any atom is -0.396 e. The number of aliphatic hydroxyl groups is 1. The molecule has 6 nitrogen and oxygen atoms in total. The molecular weight excluding hydrogens is 326 g/mol. The second-order valence-corrected chi connectivity index (χ2v) is 9.83. The Kier molecular flexibility index (Phi) is 6.19. The summed E-state index contributed by atoms with van der Waals surface area (Å²) in [6, 6.07) is 0.479. The smallest absolute Gasteiger partial charge is 0.281 e. The molecule has 140 valence electrons. The molecule has 0 aromatic rings. The summed E-state index contributed by atoms with van der Waals surface area (Å²) >= 11 is 0. The van der Waals surface area contributed by atoms with E-state index in [0.717, 1.165) is 51.6 Å². The van der Waals surface area contributed by atoms with E-state index in [1.807, 2.05) is 0 Å². The predicted octanol–water partition coefficient (Wildman–Crippen LogP) is 1.13. The Morgan fingerprint density at radius 2 is 1.50 bits per heavy atom. The maximum absolute atomic E-state index is 12.8. The van der Waals surface area contributed by atoms with E-state index in [0.29, 0.717) is 44.1 Å². The number of nitrogens with zero attached hydrogens (tertiary/aromatic N) is 3. The number of likely N-dealkylation sites (tertiary alicyclic amines) is 1. The van der Waals surface area contributed by atoms with Crippen molar-refractivity contribution in [1.82, 2.24) is 13.5 Å². The fourth-order valence-corrected chi connectivity index (χ4v) is 6.07. The van der Waals surface area contributed by atoms with E-state index in [9.17, 15) is 13.5 Å². The molecule has 0 aliphatic carbocycles. The Labute approximate surface area is 147 Å². The van der Waals surface area contributed by atoms with Crippen LogP contribution in [0.5, 0.6) is 0 Å². The van der Waals surface area contributed by atoms with Gasteiger partial charge in [0.15, 0.2) is 0 Å². The Hall–Kier alpha value is -0.210. The molecular formula is C17H33N3O3S. The molecule has 1 N–H and O–H groups in total. The van der Waals surface area contributed by atoms with Crippen molar-refractivity contribution in [2.45, 2.75) is 51.5 Å². The summed E-state index contributed by atoms with van der Waals surface area (Å²) in [5.41, 5.74) is 0. The van der Waals surface area contributed by atoms with Gasteiger partial charge in [0.05, 0.1) is 0 Å². The van der Waals surface area contributed by atoms with Crippen molar-refractivity contribution >= 4 is 10.2 Å². The van der Waals surface area contributed by atoms with Gasteiger partial charge in [0, 0.05) is 45.4 Å². The Morgan fingerprint density at radius 3 is 2.08 bits per heavy atom. The zero-order chi connectivity index (χ0) is 17.2. The zero-order valence-corrected chi connectivity index (χ0v) is 15.8. The van der Waals surface area contributed by atoms with Gasteiger partial charge in [-0.15, -0.1) is 0 Å². The van der Waals surface area contributed by atoms with E-state index in [-0.39, 0.29) is 6.61 Å². The van der Waals surface area contributed by atoms with E-state index in [1.54, 1.807) is 8.61 Å². The van der Waals surface area contributed by atoms with Crippen LogP contribution in [0.4, 0.5) is 0 Å². The van der Waals surface area contributed by atoms with Gasteiger partial charge in [0.25, 0.3) is 10.2 Å². The van der Waals surface area contributed by atoms with Crippen LogP contribution in [0.15, 0.2) is 0 Å². The molecule has 0 aromatic carbocycles. The van der Waals surface area contributed by atoms with Crippen molar-refractivity contribution in [1.29, 1.82) is 0 Å². The highest BCUT2D eigenvalue weighted by atomic mass is 32.2. The molecule has 3 rings (SSSR count). The van der Waals surface area contributed by atoms with Crippen LogP contribution < -0.4 is 0 Å². The molecule has 0 spiro atoms. The number of hydrogen-bond donors (Lipinski definition) is 1. The van der Waals surface area contributed by atoms with Gasteiger partial charge in [-0.3, -0.25) is 4.90 Å². The van der Waals surface area contributed by atoms with Gasteiger partial charge in [0.2, 0.25) is 0 Å². The van der Waals surface area contributed by atoms with Crippen LogP contribution in [-0.2, 0) is 10.2 Å². The second-order valence-electron chi connectivity index (χ2n) is 7.91. The standard InChI is InChI=1S/C17H33N3O3S/c1-15-4-9-19(10-5-15)24(22,23)20-11-6-17(7-12-20)18-8-2-3-16(13-18)14-21/h15-17,21H,2-14H2,1H3. The molecule has 24 heavy (non-hydrogen) atoms. The predicted molar refractivity (Wildman–Crippen MR) is 94.9 cm³/mol. The molecule has 1 unspecified atom stereocenters. The molecule has 3 saturated heterocycles. The minimum absolute atomic E-state index is 0.275. The average Bonchev–Trinajstić information content (AvgIpc) is 2.62. The van der Waals surface area contributed by atoms with Crippen LogP contribution in [0.1, 0.15) is 45.4 Å². The van der Waals surface area contributed by atoms with Gasteiger partial charge in [-0.05, 0) is 56.9 Å². The summed E-state index contributed by atoms with van der Waals surface area (Å²) in [6.07, 6.45) is 6.06. The topological polar surface area (TPSA) is 64.1 Å². The fourth-order valence-electron chi connectivity index (χ4n) is 4.39. The molecule has 0 saturated carbocycles. The largest absolute Gasteiger partial charge is 0.396 e. The first-order valence-corrected chi connectivity index (χ1v) is 11.0. The third kappa shape index (κ3) is 4.12. The van der Waals surface area contributed by atoms with Crippen molar-refractivity contribution in [3.8, 4) is 0 Å². The van der Waals surface area contributed by atoms with Crippen LogP contribution >= 0.6 is 0 Å². The molecule has 1 atom stereocenters. The summed E-state index contributed by atoms with van der Waals surface area (Å²) in [5.74, 6) is 1.04. The summed E-state index contributed by atoms with van der Waals surface area (Å²) in [4.78, 5) is 2.48. The van der Waals surface area contributed by atoms with Gasteiger partial charge in [-0.2, -0.15) is 17.0 Å². The van der Waals surface area contributed by atoms with Crippen molar-refractivity contribution < 1.29 is 13.5 Å². The third-order valence-electron chi connectivity index (χ3n) is 6.14. The summed E-state index contributed by atoms with van der Waals surface area (Å²) in [7, 11) is -3.27. The van der Waals surface area contributed by atoms with E-state index >= 15 is 0 Å². The van der Waals surface area contributed by atoms with Gasteiger partial charge in [0.1, 0.15) is 0 Å². The lowest BCUT2D eigenvalue weighted by Crippen LogP contribution is -2.53. The fraction of sp³-hybridized carbons (Fsp3) is 1.00. The lowest BCUT2D eigenvalue weighted by molar-refractivity contribution is 0.0655. The lowest BCUT2D eigenvalue weighted by Gasteiger charge is -2.43. The molecule has 0 radical (unpaired) electrons.